The number of fused-ring (bicyclic) bond motifs is 1. The van der Waals surface area contributed by atoms with Crippen molar-refractivity contribution in [2.24, 2.45) is 11.1 Å². The molecule has 1 atom stereocenters. The number of aromatic nitrogens is 2. The lowest BCUT2D eigenvalue weighted by Gasteiger charge is -2.31. The number of rotatable bonds is 11. The maximum absolute atomic E-state index is 13.9. The Balaban J connectivity index is 1.47. The van der Waals surface area contributed by atoms with E-state index in [0.29, 0.717) is 60.2 Å². The van der Waals surface area contributed by atoms with Crippen LogP contribution in [0.3, 0.4) is 0 Å². The first-order valence-electron chi connectivity index (χ1n) is 15.2. The number of anilines is 1. The van der Waals surface area contributed by atoms with Crippen LogP contribution in [0.15, 0.2) is 18.2 Å². The molecule has 0 spiro atoms. The Morgan fingerprint density at radius 3 is 2.38 bits per heavy atom. The van der Waals surface area contributed by atoms with Crippen molar-refractivity contribution < 1.29 is 41.9 Å². The number of hydrogen-bond donors (Lipinski definition) is 2. The number of ether oxygens (including phenoxy) is 2. The van der Waals surface area contributed by atoms with Gasteiger partial charge < -0.3 is 25.0 Å². The number of ketones is 1. The number of Topliss-reactive ketones (excluding diaryl/α,β-unsaturated/α-hetero) is 1. The Morgan fingerprint density at radius 2 is 1.80 bits per heavy atom. The summed E-state index contributed by atoms with van der Waals surface area (Å²) in [5, 5.41) is 7.53. The molecule has 1 fully saturated rings. The zero-order chi connectivity index (χ0) is 33.3. The minimum atomic E-state index is -2.91. The normalized spacial score (nSPS) is 20.3. The molecule has 1 amide bonds. The molecular weight excluding hydrogens is 588 g/mol. The number of halogens is 2. The van der Waals surface area contributed by atoms with Gasteiger partial charge in [0, 0.05) is 25.1 Å². The SMILES string of the molecule is CC(=O)OC(CC(=O)OC1CCC(Nc2cc(-n3nc(C(F)F)c4c3CC(C)(C)CC4=O)ccc2C(N)=O)CC1)C[N+](C)(C)C. The van der Waals surface area contributed by atoms with Crippen molar-refractivity contribution in [1.29, 1.82) is 0 Å². The molecule has 1 aromatic heterocycles. The van der Waals surface area contributed by atoms with Crippen LogP contribution in [-0.2, 0) is 25.5 Å². The Hall–Kier alpha value is -3.87. The highest BCUT2D eigenvalue weighted by Crippen LogP contribution is 2.40. The number of amides is 1. The average Bonchev–Trinajstić information content (AvgIpc) is 3.27. The molecule has 2 aromatic rings. The van der Waals surface area contributed by atoms with E-state index in [1.807, 2.05) is 35.0 Å². The molecule has 11 nitrogen and oxygen atoms in total. The molecule has 0 aliphatic heterocycles. The number of nitrogens with zero attached hydrogens (tertiary/aromatic N) is 3. The van der Waals surface area contributed by atoms with E-state index >= 15 is 0 Å². The molecule has 2 aliphatic carbocycles. The molecule has 0 saturated heterocycles. The molecule has 1 heterocycles. The summed E-state index contributed by atoms with van der Waals surface area (Å²) in [6.07, 6.45) is -0.902. The summed E-state index contributed by atoms with van der Waals surface area (Å²) in [4.78, 5) is 49.4. The van der Waals surface area contributed by atoms with Crippen LogP contribution in [0.25, 0.3) is 5.69 Å². The highest BCUT2D eigenvalue weighted by atomic mass is 19.3. The summed E-state index contributed by atoms with van der Waals surface area (Å²) >= 11 is 0. The van der Waals surface area contributed by atoms with Gasteiger partial charge >= 0.3 is 11.9 Å². The second-order valence-corrected chi connectivity index (χ2v) is 14.0. The predicted molar refractivity (Wildman–Crippen MR) is 162 cm³/mol. The maximum Gasteiger partial charge on any atom is 0.310 e. The fraction of sp³-hybridized carbons (Fsp3) is 0.594. The topological polar surface area (TPSA) is 143 Å². The van der Waals surface area contributed by atoms with E-state index in [9.17, 15) is 28.0 Å². The van der Waals surface area contributed by atoms with Gasteiger partial charge in [-0.2, -0.15) is 5.10 Å². The highest BCUT2D eigenvalue weighted by Gasteiger charge is 2.39. The monoisotopic (exact) mass is 632 g/mol. The van der Waals surface area contributed by atoms with E-state index in [-0.39, 0.29) is 41.9 Å². The quantitative estimate of drug-likeness (QED) is 0.275. The van der Waals surface area contributed by atoms with Crippen molar-refractivity contribution >= 4 is 29.3 Å². The zero-order valence-electron chi connectivity index (χ0n) is 26.8. The second kappa shape index (κ2) is 13.2. The standard InChI is InChI=1S/C32H43F2N5O6/c1-18(40)44-22(17-39(4,5)6)14-27(42)45-21-10-7-19(8-11-21)36-24-13-20(9-12-23(24)31(35)43)38-25-15-32(2,3)16-26(41)28(25)29(37-38)30(33)34/h9,12-13,19,21-22,30H,7-8,10-11,14-17H2,1-6H3,(H2-,35,36,43)/p+1. The number of esters is 2. The summed E-state index contributed by atoms with van der Waals surface area (Å²) < 4.78 is 40.8. The maximum atomic E-state index is 13.9. The first-order chi connectivity index (χ1) is 20.9. The smallest absolute Gasteiger partial charge is 0.310 e. The van der Waals surface area contributed by atoms with Crippen LogP contribution < -0.4 is 11.1 Å². The number of quaternary nitrogens is 1. The fourth-order valence-electron chi connectivity index (χ4n) is 6.30. The molecule has 0 bridgehead atoms. The van der Waals surface area contributed by atoms with Crippen molar-refractivity contribution in [1.82, 2.24) is 9.78 Å². The summed E-state index contributed by atoms with van der Waals surface area (Å²) in [5.41, 5.74) is 6.18. The van der Waals surface area contributed by atoms with E-state index < -0.39 is 41.5 Å². The molecule has 13 heteroatoms. The lowest BCUT2D eigenvalue weighted by atomic mass is 9.75. The number of benzene rings is 1. The highest BCUT2D eigenvalue weighted by molar-refractivity contribution is 6.00. The van der Waals surface area contributed by atoms with Crippen LogP contribution in [0.5, 0.6) is 0 Å². The number of nitrogens with two attached hydrogens (primary N) is 1. The minimum Gasteiger partial charge on any atom is -0.462 e. The Kier molecular flexibility index (Phi) is 10.0. The van der Waals surface area contributed by atoms with Crippen LogP contribution in [0.2, 0.25) is 0 Å². The van der Waals surface area contributed by atoms with E-state index in [2.05, 4.69) is 10.4 Å². The number of hydrogen-bond acceptors (Lipinski definition) is 8. The van der Waals surface area contributed by atoms with Gasteiger partial charge in [-0.05, 0) is 55.7 Å². The fourth-order valence-corrected chi connectivity index (χ4v) is 6.30. The number of carbonyl (C=O) groups excluding carboxylic acids is 4. The molecular formula is C32H44F2N5O6+. The first-order valence-corrected chi connectivity index (χ1v) is 15.2. The second-order valence-electron chi connectivity index (χ2n) is 14.0. The third kappa shape index (κ3) is 8.65. The minimum absolute atomic E-state index is 0.0256. The zero-order valence-corrected chi connectivity index (χ0v) is 26.8. The third-order valence-corrected chi connectivity index (χ3v) is 8.10. The lowest BCUT2D eigenvalue weighted by Crippen LogP contribution is -2.44. The summed E-state index contributed by atoms with van der Waals surface area (Å²) in [6, 6.07) is 4.67. The molecule has 3 N–H and O–H groups in total. The van der Waals surface area contributed by atoms with Crippen molar-refractivity contribution in [2.45, 2.75) is 90.4 Å². The van der Waals surface area contributed by atoms with Crippen LogP contribution in [0, 0.1) is 5.41 Å². The molecule has 1 aromatic carbocycles. The van der Waals surface area contributed by atoms with Gasteiger partial charge in [-0.1, -0.05) is 13.8 Å². The lowest BCUT2D eigenvalue weighted by molar-refractivity contribution is -0.873. The molecule has 2 aliphatic rings. The van der Waals surface area contributed by atoms with Crippen molar-refractivity contribution in [3.05, 3.63) is 40.7 Å². The van der Waals surface area contributed by atoms with Gasteiger partial charge in [0.25, 0.3) is 12.3 Å². The van der Waals surface area contributed by atoms with E-state index in [4.69, 9.17) is 15.2 Å². The molecule has 246 valence electrons. The van der Waals surface area contributed by atoms with E-state index in [0.717, 1.165) is 0 Å². The summed E-state index contributed by atoms with van der Waals surface area (Å²) in [6.45, 7) is 5.60. The van der Waals surface area contributed by atoms with Gasteiger partial charge in [-0.3, -0.25) is 19.2 Å². The van der Waals surface area contributed by atoms with E-state index in [1.54, 1.807) is 12.1 Å². The van der Waals surface area contributed by atoms with Crippen molar-refractivity contribution in [2.75, 3.05) is 33.0 Å². The summed E-state index contributed by atoms with van der Waals surface area (Å²) in [5.74, 6) is -1.90. The molecule has 1 unspecified atom stereocenters. The number of likely N-dealkylation sites (N-methyl/N-ethyl adjacent to an activating group) is 1. The van der Waals surface area contributed by atoms with Gasteiger partial charge in [-0.25, -0.2) is 13.5 Å². The summed E-state index contributed by atoms with van der Waals surface area (Å²) in [7, 11) is 5.84. The molecule has 0 radical (unpaired) electrons. The number of primary amides is 1. The largest absolute Gasteiger partial charge is 0.462 e. The third-order valence-electron chi connectivity index (χ3n) is 8.10. The Morgan fingerprint density at radius 1 is 1.13 bits per heavy atom. The van der Waals surface area contributed by atoms with Crippen LogP contribution in [-0.4, -0.2) is 83.8 Å². The van der Waals surface area contributed by atoms with Gasteiger partial charge in [-0.15, -0.1) is 0 Å². The Bertz CT molecular complexity index is 1460. The number of carbonyl (C=O) groups is 4. The number of alkyl halides is 2. The van der Waals surface area contributed by atoms with Gasteiger partial charge in [0.05, 0.1) is 50.1 Å². The van der Waals surface area contributed by atoms with E-state index in [1.165, 1.54) is 17.7 Å². The molecule has 1 saturated carbocycles. The predicted octanol–water partition coefficient (Wildman–Crippen LogP) is 4.36. The van der Waals surface area contributed by atoms with Crippen molar-refractivity contribution in [3.8, 4) is 5.69 Å². The van der Waals surface area contributed by atoms with Gasteiger partial charge in [0.1, 0.15) is 18.3 Å². The Labute approximate surface area is 262 Å². The number of nitrogens with one attached hydrogen (secondary N) is 1. The van der Waals surface area contributed by atoms with Gasteiger partial charge in [0.15, 0.2) is 11.9 Å². The van der Waals surface area contributed by atoms with Crippen LogP contribution >= 0.6 is 0 Å². The molecule has 45 heavy (non-hydrogen) atoms. The average molecular weight is 633 g/mol. The molecule has 4 rings (SSSR count). The van der Waals surface area contributed by atoms with Crippen LogP contribution in [0.1, 0.15) is 97.8 Å². The van der Waals surface area contributed by atoms with Crippen LogP contribution in [0.4, 0.5) is 14.5 Å². The van der Waals surface area contributed by atoms with Gasteiger partial charge in [0.2, 0.25) is 0 Å². The van der Waals surface area contributed by atoms with Crippen molar-refractivity contribution in [3.63, 3.8) is 0 Å². The first kappa shape index (κ1) is 34.0.